The topological polar surface area (TPSA) is 44.4 Å². The molecule has 0 radical (unpaired) electrons. The van der Waals surface area contributed by atoms with E-state index in [0.717, 1.165) is 18.9 Å². The van der Waals surface area contributed by atoms with Gasteiger partial charge in [0.15, 0.2) is 0 Å². The van der Waals surface area contributed by atoms with Gasteiger partial charge in [0.25, 0.3) is 0 Å². The third-order valence-electron chi connectivity index (χ3n) is 4.78. The highest BCUT2D eigenvalue weighted by atomic mass is 16.1. The van der Waals surface area contributed by atoms with Crippen LogP contribution < -0.4 is 10.6 Å². The Morgan fingerprint density at radius 3 is 2.55 bits per heavy atom. The van der Waals surface area contributed by atoms with Crippen molar-refractivity contribution in [2.45, 2.75) is 64.5 Å². The summed E-state index contributed by atoms with van der Waals surface area (Å²) in [6.45, 7) is 9.19. The highest BCUT2D eigenvalue weighted by molar-refractivity contribution is 5.76. The molecule has 0 bridgehead atoms. The Morgan fingerprint density at radius 2 is 1.95 bits per heavy atom. The van der Waals surface area contributed by atoms with Gasteiger partial charge in [-0.25, -0.2) is 0 Å². The summed E-state index contributed by atoms with van der Waals surface area (Å²) in [4.78, 5) is 14.1. The summed E-state index contributed by atoms with van der Waals surface area (Å²) in [5.74, 6) is 1.04. The van der Waals surface area contributed by atoms with E-state index in [1.807, 2.05) is 0 Å². The lowest BCUT2D eigenvalue weighted by Crippen LogP contribution is -2.42. The third-order valence-corrected chi connectivity index (χ3v) is 4.78. The number of nitrogens with zero attached hydrogens (tertiary/aromatic N) is 1. The van der Waals surface area contributed by atoms with Crippen molar-refractivity contribution in [2.75, 3.05) is 26.2 Å². The molecule has 0 spiro atoms. The van der Waals surface area contributed by atoms with Gasteiger partial charge in [-0.15, -0.1) is 0 Å². The zero-order valence-electron chi connectivity index (χ0n) is 13.2. The summed E-state index contributed by atoms with van der Waals surface area (Å²) in [5.41, 5.74) is 0. The minimum atomic E-state index is 0.234. The Balaban J connectivity index is 1.51. The van der Waals surface area contributed by atoms with Gasteiger partial charge in [0.2, 0.25) is 5.91 Å². The monoisotopic (exact) mass is 281 g/mol. The molecule has 1 aliphatic carbocycles. The van der Waals surface area contributed by atoms with Gasteiger partial charge in [-0.2, -0.15) is 0 Å². The van der Waals surface area contributed by atoms with Gasteiger partial charge in [-0.1, -0.05) is 6.92 Å². The summed E-state index contributed by atoms with van der Waals surface area (Å²) in [6, 6.07) is 1.08. The fourth-order valence-corrected chi connectivity index (χ4v) is 3.04. The molecule has 1 aliphatic heterocycles. The van der Waals surface area contributed by atoms with E-state index in [4.69, 9.17) is 0 Å². The second-order valence-corrected chi connectivity index (χ2v) is 6.46. The number of nitrogens with one attached hydrogen (secondary N) is 2. The molecule has 2 N–H and O–H groups in total. The van der Waals surface area contributed by atoms with E-state index >= 15 is 0 Å². The molecular formula is C16H31N3O. The van der Waals surface area contributed by atoms with Crippen LogP contribution in [-0.2, 0) is 4.79 Å². The Morgan fingerprint density at radius 1 is 1.25 bits per heavy atom. The van der Waals surface area contributed by atoms with E-state index < -0.39 is 0 Å². The quantitative estimate of drug-likeness (QED) is 0.666. The van der Waals surface area contributed by atoms with Gasteiger partial charge in [0.1, 0.15) is 0 Å². The maximum absolute atomic E-state index is 11.6. The molecule has 0 aromatic carbocycles. The van der Waals surface area contributed by atoms with Crippen molar-refractivity contribution in [1.82, 2.24) is 15.5 Å². The Bertz CT molecular complexity index is 296. The maximum Gasteiger partial charge on any atom is 0.220 e. The van der Waals surface area contributed by atoms with Crippen molar-refractivity contribution in [2.24, 2.45) is 5.92 Å². The summed E-state index contributed by atoms with van der Waals surface area (Å²) in [7, 11) is 0. The highest BCUT2D eigenvalue weighted by Gasteiger charge is 2.24. The van der Waals surface area contributed by atoms with E-state index in [-0.39, 0.29) is 5.91 Å². The molecule has 0 aromatic rings. The van der Waals surface area contributed by atoms with Gasteiger partial charge in [0, 0.05) is 18.5 Å². The Kier molecular flexibility index (Phi) is 6.30. The minimum Gasteiger partial charge on any atom is -0.353 e. The summed E-state index contributed by atoms with van der Waals surface area (Å²) < 4.78 is 0. The largest absolute Gasteiger partial charge is 0.353 e. The normalized spacial score (nSPS) is 22.7. The van der Waals surface area contributed by atoms with Crippen molar-refractivity contribution < 1.29 is 4.79 Å². The van der Waals surface area contributed by atoms with Gasteiger partial charge in [-0.3, -0.25) is 4.79 Å². The van der Waals surface area contributed by atoms with Crippen LogP contribution >= 0.6 is 0 Å². The number of rotatable bonds is 8. The van der Waals surface area contributed by atoms with E-state index in [9.17, 15) is 4.79 Å². The first kappa shape index (κ1) is 15.8. The van der Waals surface area contributed by atoms with Crippen LogP contribution in [0.1, 0.15) is 52.4 Å². The molecule has 1 atom stereocenters. The van der Waals surface area contributed by atoms with Crippen LogP contribution in [0.25, 0.3) is 0 Å². The van der Waals surface area contributed by atoms with Gasteiger partial charge >= 0.3 is 0 Å². The number of likely N-dealkylation sites (tertiary alicyclic amines) is 1. The molecule has 1 saturated heterocycles. The van der Waals surface area contributed by atoms with Gasteiger partial charge < -0.3 is 15.5 Å². The van der Waals surface area contributed by atoms with E-state index in [1.165, 1.54) is 45.3 Å². The molecule has 1 saturated carbocycles. The van der Waals surface area contributed by atoms with Crippen LogP contribution in [0.2, 0.25) is 0 Å². The van der Waals surface area contributed by atoms with Gasteiger partial charge in [0.05, 0.1) is 0 Å². The third kappa shape index (κ3) is 5.41. The number of hydrogen-bond donors (Lipinski definition) is 2. The standard InChI is InChI=1S/C16H31N3O/c1-3-19-11-8-14(9-12-19)13(2)17-10-4-5-16(20)18-15-6-7-15/h13-15,17H,3-12H2,1-2H3,(H,18,20). The SMILES string of the molecule is CCN1CCC(C(C)NCCCC(=O)NC2CC2)CC1. The second kappa shape index (κ2) is 7.99. The molecule has 4 heteroatoms. The number of carbonyl (C=O) groups is 1. The maximum atomic E-state index is 11.6. The molecule has 2 rings (SSSR count). The van der Waals surface area contributed by atoms with E-state index in [2.05, 4.69) is 29.4 Å². The first-order valence-electron chi connectivity index (χ1n) is 8.44. The Labute approximate surface area is 123 Å². The van der Waals surface area contributed by atoms with Crippen molar-refractivity contribution in [1.29, 1.82) is 0 Å². The summed E-state index contributed by atoms with van der Waals surface area (Å²) in [5, 5.41) is 6.66. The predicted molar refractivity (Wildman–Crippen MR) is 82.7 cm³/mol. The minimum absolute atomic E-state index is 0.234. The first-order valence-corrected chi connectivity index (χ1v) is 8.44. The molecule has 1 heterocycles. The van der Waals surface area contributed by atoms with Crippen LogP contribution in [0.4, 0.5) is 0 Å². The van der Waals surface area contributed by atoms with Gasteiger partial charge in [-0.05, 0) is 71.1 Å². The molecular weight excluding hydrogens is 250 g/mol. The Hall–Kier alpha value is -0.610. The van der Waals surface area contributed by atoms with Crippen molar-refractivity contribution in [3.63, 3.8) is 0 Å². The number of piperidine rings is 1. The van der Waals surface area contributed by atoms with Crippen LogP contribution in [0, 0.1) is 5.92 Å². The molecule has 0 aromatic heterocycles. The lowest BCUT2D eigenvalue weighted by atomic mass is 9.90. The van der Waals surface area contributed by atoms with Crippen LogP contribution in [0.15, 0.2) is 0 Å². The summed E-state index contributed by atoms with van der Waals surface area (Å²) >= 11 is 0. The molecule has 4 nitrogen and oxygen atoms in total. The van der Waals surface area contributed by atoms with E-state index in [1.54, 1.807) is 0 Å². The number of carbonyl (C=O) groups excluding carboxylic acids is 1. The number of hydrogen-bond acceptors (Lipinski definition) is 3. The fraction of sp³-hybridized carbons (Fsp3) is 0.938. The second-order valence-electron chi connectivity index (χ2n) is 6.46. The smallest absolute Gasteiger partial charge is 0.220 e. The predicted octanol–water partition coefficient (Wildman–Crippen LogP) is 1.76. The van der Waals surface area contributed by atoms with E-state index in [0.29, 0.717) is 18.5 Å². The van der Waals surface area contributed by atoms with Crippen LogP contribution in [0.5, 0.6) is 0 Å². The molecule has 2 fully saturated rings. The van der Waals surface area contributed by atoms with Crippen LogP contribution in [-0.4, -0.2) is 49.1 Å². The zero-order valence-corrected chi connectivity index (χ0v) is 13.2. The zero-order chi connectivity index (χ0) is 14.4. The van der Waals surface area contributed by atoms with Crippen molar-refractivity contribution in [3.05, 3.63) is 0 Å². The van der Waals surface area contributed by atoms with Crippen molar-refractivity contribution >= 4 is 5.91 Å². The lowest BCUT2D eigenvalue weighted by molar-refractivity contribution is -0.121. The van der Waals surface area contributed by atoms with Crippen molar-refractivity contribution in [3.8, 4) is 0 Å². The lowest BCUT2D eigenvalue weighted by Gasteiger charge is -2.34. The highest BCUT2D eigenvalue weighted by Crippen LogP contribution is 2.20. The molecule has 1 amide bonds. The average molecular weight is 281 g/mol. The first-order chi connectivity index (χ1) is 9.69. The molecule has 20 heavy (non-hydrogen) atoms. The summed E-state index contributed by atoms with van der Waals surface area (Å²) in [6.07, 6.45) is 6.60. The molecule has 116 valence electrons. The average Bonchev–Trinajstić information content (AvgIpc) is 3.27. The molecule has 2 aliphatic rings. The molecule has 1 unspecified atom stereocenters. The number of amides is 1. The van der Waals surface area contributed by atoms with Crippen LogP contribution in [0.3, 0.4) is 0 Å². The fourth-order valence-electron chi connectivity index (χ4n) is 3.04.